The molecule has 2 N–H and O–H groups in total. The summed E-state index contributed by atoms with van der Waals surface area (Å²) >= 11 is 0. The molecule has 0 radical (unpaired) electrons. The Morgan fingerprint density at radius 1 is 0.909 bits per heavy atom. The van der Waals surface area contributed by atoms with Crippen molar-refractivity contribution in [2.24, 2.45) is 5.92 Å². The Balaban J connectivity index is 1.57. The van der Waals surface area contributed by atoms with Crippen LogP contribution in [0.2, 0.25) is 13.1 Å². The van der Waals surface area contributed by atoms with Crippen molar-refractivity contribution in [3.05, 3.63) is 95.6 Å². The molecule has 7 heteroatoms. The van der Waals surface area contributed by atoms with Gasteiger partial charge in [0.1, 0.15) is 11.6 Å². The molecule has 3 aromatic rings. The van der Waals surface area contributed by atoms with Gasteiger partial charge in [-0.15, -0.1) is 0 Å². The van der Waals surface area contributed by atoms with Gasteiger partial charge in [-0.3, -0.25) is 4.79 Å². The number of hydrogen-bond donors (Lipinski definition) is 2. The van der Waals surface area contributed by atoms with Crippen molar-refractivity contribution in [1.82, 2.24) is 0 Å². The molecular weight excluding hydrogens is 440 g/mol. The molecule has 172 valence electrons. The average Bonchev–Trinajstić information content (AvgIpc) is 2.78. The van der Waals surface area contributed by atoms with Gasteiger partial charge in [-0.2, -0.15) is 0 Å². The molecule has 4 rings (SSSR count). The van der Waals surface area contributed by atoms with Gasteiger partial charge in [-0.1, -0.05) is 36.4 Å². The molecule has 4 nitrogen and oxygen atoms in total. The van der Waals surface area contributed by atoms with Crippen LogP contribution in [0.15, 0.2) is 72.8 Å². The van der Waals surface area contributed by atoms with Crippen LogP contribution in [0.5, 0.6) is 0 Å². The fourth-order valence-corrected chi connectivity index (χ4v) is 5.36. The maximum atomic E-state index is 13.4. The number of halogens is 2. The Morgan fingerprint density at radius 3 is 2.00 bits per heavy atom. The molecule has 1 heterocycles. The molecule has 1 aliphatic rings. The van der Waals surface area contributed by atoms with E-state index in [2.05, 4.69) is 0 Å². The van der Waals surface area contributed by atoms with E-state index in [1.165, 1.54) is 24.3 Å². The Kier molecular flexibility index (Phi) is 6.47. The zero-order chi connectivity index (χ0) is 23.8. The van der Waals surface area contributed by atoms with E-state index < -0.39 is 14.4 Å². The van der Waals surface area contributed by atoms with Crippen LogP contribution in [-0.2, 0) is 4.79 Å². The second-order valence-corrected chi connectivity index (χ2v) is 12.8. The highest BCUT2D eigenvalue weighted by molar-refractivity contribution is 6.83. The molecule has 1 aliphatic heterocycles. The Labute approximate surface area is 193 Å². The van der Waals surface area contributed by atoms with Crippen molar-refractivity contribution >= 4 is 25.1 Å². The highest BCUT2D eigenvalue weighted by Gasteiger charge is 2.48. The molecule has 0 aromatic heterocycles. The van der Waals surface area contributed by atoms with E-state index in [0.29, 0.717) is 24.1 Å². The number of benzene rings is 3. The number of anilines is 1. The van der Waals surface area contributed by atoms with Gasteiger partial charge in [-0.05, 0) is 78.6 Å². The summed E-state index contributed by atoms with van der Waals surface area (Å²) in [6.45, 7) is 3.69. The number of amides is 1. The predicted octanol–water partition coefficient (Wildman–Crippen LogP) is 4.59. The first-order valence-electron chi connectivity index (χ1n) is 11.0. The molecule has 0 saturated carbocycles. The molecule has 0 unspecified atom stereocenters. The smallest absolute Gasteiger partial charge is 0.233 e. The minimum absolute atomic E-state index is 0.0844. The van der Waals surface area contributed by atoms with Crippen molar-refractivity contribution in [3.63, 3.8) is 0 Å². The number of carbonyl (C=O) groups is 1. The summed E-state index contributed by atoms with van der Waals surface area (Å²) in [5, 5.41) is 11.4. The first-order valence-corrected chi connectivity index (χ1v) is 13.9. The molecule has 3 atom stereocenters. The minimum atomic E-state index is -2.45. The fraction of sp³-hybridized carbons (Fsp3) is 0.269. The Bertz CT molecular complexity index is 1110. The summed E-state index contributed by atoms with van der Waals surface area (Å²) in [6, 6.07) is 18.9. The van der Waals surface area contributed by atoms with Crippen LogP contribution in [0, 0.1) is 17.6 Å². The van der Waals surface area contributed by atoms with Crippen LogP contribution in [-0.4, -0.2) is 24.1 Å². The number of β-lactam (4-membered cyclic amide) rings is 1. The van der Waals surface area contributed by atoms with Crippen LogP contribution < -0.4 is 10.1 Å². The Hall–Kier alpha value is -2.87. The summed E-state index contributed by atoms with van der Waals surface area (Å²) in [6.07, 6.45) is -0.00544. The monoisotopic (exact) mass is 467 g/mol. The molecule has 1 fully saturated rings. The van der Waals surface area contributed by atoms with Crippen molar-refractivity contribution in [2.75, 3.05) is 4.90 Å². The van der Waals surface area contributed by atoms with Gasteiger partial charge < -0.3 is 14.8 Å². The van der Waals surface area contributed by atoms with Crippen LogP contribution in [0.3, 0.4) is 0 Å². The third-order valence-corrected chi connectivity index (χ3v) is 8.03. The molecule has 3 aromatic carbocycles. The fourth-order valence-electron chi connectivity index (χ4n) is 4.38. The lowest BCUT2D eigenvalue weighted by molar-refractivity contribution is -0.131. The third kappa shape index (κ3) is 4.90. The van der Waals surface area contributed by atoms with Gasteiger partial charge in [-0.25, -0.2) is 8.78 Å². The van der Waals surface area contributed by atoms with E-state index in [9.17, 15) is 23.5 Å². The Morgan fingerprint density at radius 2 is 1.45 bits per heavy atom. The summed E-state index contributed by atoms with van der Waals surface area (Å²) in [5.74, 6) is -1.18. The molecule has 33 heavy (non-hydrogen) atoms. The van der Waals surface area contributed by atoms with E-state index >= 15 is 0 Å². The van der Waals surface area contributed by atoms with Gasteiger partial charge in [0.05, 0.1) is 18.1 Å². The van der Waals surface area contributed by atoms with Crippen LogP contribution in [0.1, 0.15) is 36.1 Å². The van der Waals surface area contributed by atoms with Crippen molar-refractivity contribution < 1.29 is 23.5 Å². The van der Waals surface area contributed by atoms with E-state index in [0.717, 1.165) is 10.8 Å². The largest absolute Gasteiger partial charge is 0.428 e. The van der Waals surface area contributed by atoms with Gasteiger partial charge in [0, 0.05) is 5.69 Å². The second kappa shape index (κ2) is 9.17. The van der Waals surface area contributed by atoms with Crippen LogP contribution >= 0.6 is 0 Å². The molecule has 0 bridgehead atoms. The lowest BCUT2D eigenvalue weighted by Crippen LogP contribution is -2.55. The van der Waals surface area contributed by atoms with E-state index in [1.54, 1.807) is 29.2 Å². The van der Waals surface area contributed by atoms with Crippen molar-refractivity contribution in [2.45, 2.75) is 38.1 Å². The highest BCUT2D eigenvalue weighted by atomic mass is 28.4. The number of aliphatic hydroxyl groups excluding tert-OH is 1. The molecule has 0 spiro atoms. The minimum Gasteiger partial charge on any atom is -0.428 e. The summed E-state index contributed by atoms with van der Waals surface area (Å²) < 4.78 is 26.6. The summed E-state index contributed by atoms with van der Waals surface area (Å²) in [4.78, 5) is 25.2. The van der Waals surface area contributed by atoms with E-state index in [4.69, 9.17) is 0 Å². The first-order chi connectivity index (χ1) is 15.6. The number of hydrogen-bond acceptors (Lipinski definition) is 3. The average molecular weight is 468 g/mol. The number of aliphatic hydroxyl groups is 1. The van der Waals surface area contributed by atoms with Gasteiger partial charge in [0.2, 0.25) is 14.2 Å². The number of nitrogens with zero attached hydrogens (tertiary/aromatic N) is 1. The quantitative estimate of drug-likeness (QED) is 0.395. The van der Waals surface area contributed by atoms with E-state index in [-0.39, 0.29) is 29.5 Å². The number of rotatable bonds is 7. The zero-order valence-electron chi connectivity index (χ0n) is 18.6. The molecular formula is C26H27F2NO3Si. The maximum Gasteiger partial charge on any atom is 0.233 e. The molecule has 1 saturated heterocycles. The zero-order valence-corrected chi connectivity index (χ0v) is 19.6. The highest BCUT2D eigenvalue weighted by Crippen LogP contribution is 2.46. The molecule has 0 aliphatic carbocycles. The first kappa shape index (κ1) is 23.3. The summed E-state index contributed by atoms with van der Waals surface area (Å²) in [5.41, 5.74) is 2.14. The molecule has 1 amide bonds. The topological polar surface area (TPSA) is 60.8 Å². The van der Waals surface area contributed by atoms with Crippen molar-refractivity contribution in [1.29, 1.82) is 0 Å². The van der Waals surface area contributed by atoms with E-state index in [1.807, 2.05) is 37.4 Å². The third-order valence-electron chi connectivity index (χ3n) is 6.28. The second-order valence-electron chi connectivity index (χ2n) is 9.06. The standard InChI is InChI=1S/C26H27F2NO3Si/c1-33(2,32)22-13-5-18(6-14-22)25-23(15-16-24(30)17-3-7-19(27)8-4-17)26(31)29(25)21-11-9-20(28)10-12-21/h3-14,23-25,30,32H,15-16H2,1-2H3/t23-,24+,25-/m1/s1. The summed E-state index contributed by atoms with van der Waals surface area (Å²) in [7, 11) is -2.45. The van der Waals surface area contributed by atoms with Gasteiger partial charge >= 0.3 is 0 Å². The van der Waals surface area contributed by atoms with Crippen LogP contribution in [0.4, 0.5) is 14.5 Å². The lowest BCUT2D eigenvalue weighted by atomic mass is 9.78. The predicted molar refractivity (Wildman–Crippen MR) is 126 cm³/mol. The lowest BCUT2D eigenvalue weighted by Gasteiger charge is -2.48. The normalized spacial score (nSPS) is 19.3. The maximum absolute atomic E-state index is 13.4. The number of carbonyl (C=O) groups excluding carboxylic acids is 1. The SMILES string of the molecule is C[Si](C)(O)c1ccc([C@@H]2[C@@H](CC[C@H](O)c3ccc(F)cc3)C(=O)N2c2ccc(F)cc2)cc1. The van der Waals surface area contributed by atoms with Crippen molar-refractivity contribution in [3.8, 4) is 0 Å². The van der Waals surface area contributed by atoms with Gasteiger partial charge in [0.25, 0.3) is 0 Å². The van der Waals surface area contributed by atoms with Gasteiger partial charge in [0.15, 0.2) is 0 Å². The van der Waals surface area contributed by atoms with Crippen LogP contribution in [0.25, 0.3) is 0 Å².